The molecule has 7 nitrogen and oxygen atoms in total. The average molecular weight is 339 g/mol. The van der Waals surface area contributed by atoms with Crippen LogP contribution in [-0.2, 0) is 18.4 Å². The van der Waals surface area contributed by atoms with Crippen molar-refractivity contribution in [3.8, 4) is 0 Å². The number of aryl methyl sites for hydroxylation is 5. The van der Waals surface area contributed by atoms with Crippen LogP contribution in [-0.4, -0.2) is 25.2 Å². The van der Waals surface area contributed by atoms with E-state index in [1.54, 1.807) is 11.7 Å². The highest BCUT2D eigenvalue weighted by Crippen LogP contribution is 2.22. The summed E-state index contributed by atoms with van der Waals surface area (Å²) in [4.78, 5) is 28.9. The lowest BCUT2D eigenvalue weighted by Gasteiger charge is -2.13. The minimum atomic E-state index is -0.186. The normalized spacial score (nSPS) is 11.0. The fourth-order valence-electron chi connectivity index (χ4n) is 3.03. The molecule has 0 aliphatic carbocycles. The van der Waals surface area contributed by atoms with Gasteiger partial charge in [0.05, 0.1) is 12.5 Å². The summed E-state index contributed by atoms with van der Waals surface area (Å²) in [7, 11) is 1.73. The fraction of sp³-hybridized carbons (Fsp3) is 0.333. The lowest BCUT2D eigenvalue weighted by molar-refractivity contribution is -0.116. The van der Waals surface area contributed by atoms with E-state index >= 15 is 0 Å². The first-order chi connectivity index (χ1) is 11.9. The lowest BCUT2D eigenvalue weighted by Crippen LogP contribution is -2.24. The van der Waals surface area contributed by atoms with Gasteiger partial charge >= 0.3 is 0 Å². The highest BCUT2D eigenvalue weighted by molar-refractivity contribution is 5.92. The van der Waals surface area contributed by atoms with Gasteiger partial charge < -0.3 is 5.32 Å². The number of benzene rings is 1. The molecular formula is C18H21N5O2. The highest BCUT2D eigenvalue weighted by Gasteiger charge is 2.11. The summed E-state index contributed by atoms with van der Waals surface area (Å²) >= 11 is 0. The van der Waals surface area contributed by atoms with Crippen LogP contribution in [0.15, 0.2) is 29.5 Å². The maximum absolute atomic E-state index is 12.4. The summed E-state index contributed by atoms with van der Waals surface area (Å²) in [5, 5.41) is 7.44. The molecule has 0 fully saturated rings. The predicted molar refractivity (Wildman–Crippen MR) is 96.7 cm³/mol. The van der Waals surface area contributed by atoms with Crippen molar-refractivity contribution in [2.75, 3.05) is 5.32 Å². The third-order valence-electron chi connectivity index (χ3n) is 4.24. The van der Waals surface area contributed by atoms with Gasteiger partial charge in [0.15, 0.2) is 5.65 Å². The first-order valence-electron chi connectivity index (χ1n) is 8.11. The van der Waals surface area contributed by atoms with Crippen LogP contribution in [0.5, 0.6) is 0 Å². The maximum Gasteiger partial charge on any atom is 0.264 e. The van der Waals surface area contributed by atoms with Gasteiger partial charge in [-0.1, -0.05) is 17.7 Å². The van der Waals surface area contributed by atoms with Crippen LogP contribution in [0.2, 0.25) is 0 Å². The van der Waals surface area contributed by atoms with Crippen molar-refractivity contribution < 1.29 is 4.79 Å². The molecule has 0 aliphatic heterocycles. The Morgan fingerprint density at radius 2 is 1.88 bits per heavy atom. The first-order valence-corrected chi connectivity index (χ1v) is 8.11. The topological polar surface area (TPSA) is 81.8 Å². The van der Waals surface area contributed by atoms with E-state index in [0.29, 0.717) is 11.0 Å². The van der Waals surface area contributed by atoms with E-state index in [1.807, 2.05) is 32.9 Å². The second-order valence-electron chi connectivity index (χ2n) is 6.32. The summed E-state index contributed by atoms with van der Waals surface area (Å²) in [6.45, 7) is 6.24. The smallest absolute Gasteiger partial charge is 0.264 e. The molecule has 1 amide bonds. The summed E-state index contributed by atoms with van der Waals surface area (Å²) in [5.41, 5.74) is 4.41. The van der Waals surface area contributed by atoms with Crippen LogP contribution in [0, 0.1) is 20.8 Å². The van der Waals surface area contributed by atoms with Crippen molar-refractivity contribution in [1.82, 2.24) is 19.3 Å². The van der Waals surface area contributed by atoms with Gasteiger partial charge in [0.1, 0.15) is 5.39 Å². The van der Waals surface area contributed by atoms with E-state index in [2.05, 4.69) is 15.4 Å². The maximum atomic E-state index is 12.4. The Morgan fingerprint density at radius 3 is 2.56 bits per heavy atom. The molecule has 2 aromatic heterocycles. The molecular weight excluding hydrogens is 318 g/mol. The summed E-state index contributed by atoms with van der Waals surface area (Å²) in [5.74, 6) is -0.131. The second kappa shape index (κ2) is 6.51. The Morgan fingerprint density at radius 1 is 1.20 bits per heavy atom. The van der Waals surface area contributed by atoms with Crippen LogP contribution in [0.1, 0.15) is 23.1 Å². The standard InChI is InChI=1S/C18H21N5O2/c1-11-7-12(2)16(13(3)8-11)21-15(24)5-6-23-10-19-17-14(18(23)25)9-20-22(17)4/h7-10H,5-6H2,1-4H3,(H,21,24). The largest absolute Gasteiger partial charge is 0.326 e. The Bertz CT molecular complexity index is 993. The van der Waals surface area contributed by atoms with Crippen LogP contribution in [0.3, 0.4) is 0 Å². The predicted octanol–water partition coefficient (Wildman–Crippen LogP) is 2.08. The monoisotopic (exact) mass is 339 g/mol. The molecule has 0 bridgehead atoms. The second-order valence-corrected chi connectivity index (χ2v) is 6.32. The van der Waals surface area contributed by atoms with Crippen LogP contribution in [0.25, 0.3) is 11.0 Å². The van der Waals surface area contributed by atoms with Crippen LogP contribution < -0.4 is 10.9 Å². The van der Waals surface area contributed by atoms with E-state index in [9.17, 15) is 9.59 Å². The van der Waals surface area contributed by atoms with E-state index in [4.69, 9.17) is 0 Å². The molecule has 7 heteroatoms. The van der Waals surface area contributed by atoms with Crippen molar-refractivity contribution in [2.45, 2.75) is 33.7 Å². The molecule has 1 aromatic carbocycles. The average Bonchev–Trinajstić information content (AvgIpc) is 2.92. The molecule has 3 rings (SSSR count). The number of carbonyl (C=O) groups is 1. The number of nitrogens with one attached hydrogen (secondary N) is 1. The molecule has 1 N–H and O–H groups in total. The Kier molecular flexibility index (Phi) is 4.39. The van der Waals surface area contributed by atoms with Crippen LogP contribution in [0.4, 0.5) is 5.69 Å². The van der Waals surface area contributed by atoms with E-state index in [-0.39, 0.29) is 24.4 Å². The molecule has 0 saturated carbocycles. The van der Waals surface area contributed by atoms with Crippen molar-refractivity contribution in [1.29, 1.82) is 0 Å². The first kappa shape index (κ1) is 16.9. The van der Waals surface area contributed by atoms with Crippen LogP contribution >= 0.6 is 0 Å². The Balaban J connectivity index is 1.73. The molecule has 0 radical (unpaired) electrons. The van der Waals surface area contributed by atoms with Gasteiger partial charge in [-0.05, 0) is 31.9 Å². The number of nitrogens with zero attached hydrogens (tertiary/aromatic N) is 4. The van der Waals surface area contributed by atoms with Gasteiger partial charge in [0.25, 0.3) is 5.56 Å². The number of anilines is 1. The van der Waals surface area contributed by atoms with Gasteiger partial charge in [0, 0.05) is 25.7 Å². The highest BCUT2D eigenvalue weighted by atomic mass is 16.2. The molecule has 0 aliphatic rings. The third-order valence-corrected chi connectivity index (χ3v) is 4.24. The summed E-state index contributed by atoms with van der Waals surface area (Å²) in [6, 6.07) is 4.07. The molecule has 0 atom stereocenters. The number of hydrogen-bond donors (Lipinski definition) is 1. The number of rotatable bonds is 4. The Labute approximate surface area is 145 Å². The van der Waals surface area contributed by atoms with E-state index in [1.165, 1.54) is 17.1 Å². The van der Waals surface area contributed by atoms with Gasteiger partial charge in [-0.25, -0.2) is 4.98 Å². The molecule has 0 spiro atoms. The van der Waals surface area contributed by atoms with Crippen molar-refractivity contribution in [3.63, 3.8) is 0 Å². The zero-order chi connectivity index (χ0) is 18.1. The lowest BCUT2D eigenvalue weighted by atomic mass is 10.1. The molecule has 2 heterocycles. The van der Waals surface area contributed by atoms with Gasteiger partial charge in [-0.3, -0.25) is 18.8 Å². The zero-order valence-electron chi connectivity index (χ0n) is 14.8. The fourth-order valence-corrected chi connectivity index (χ4v) is 3.03. The summed E-state index contributed by atoms with van der Waals surface area (Å²) < 4.78 is 3.00. The van der Waals surface area contributed by atoms with Gasteiger partial charge in [0.2, 0.25) is 5.91 Å². The number of aromatic nitrogens is 4. The quantitative estimate of drug-likeness (QED) is 0.789. The number of amides is 1. The third kappa shape index (κ3) is 3.31. The van der Waals surface area contributed by atoms with E-state index in [0.717, 1.165) is 22.4 Å². The summed E-state index contributed by atoms with van der Waals surface area (Å²) in [6.07, 6.45) is 3.16. The van der Waals surface area contributed by atoms with Gasteiger partial charge in [-0.15, -0.1) is 0 Å². The zero-order valence-corrected chi connectivity index (χ0v) is 14.8. The Hall–Kier alpha value is -2.96. The molecule has 0 unspecified atom stereocenters. The minimum Gasteiger partial charge on any atom is -0.326 e. The molecule has 25 heavy (non-hydrogen) atoms. The number of fused-ring (bicyclic) bond motifs is 1. The van der Waals surface area contributed by atoms with Crippen molar-refractivity contribution >= 4 is 22.6 Å². The van der Waals surface area contributed by atoms with E-state index < -0.39 is 0 Å². The number of hydrogen-bond acceptors (Lipinski definition) is 4. The minimum absolute atomic E-state index is 0.131. The molecule has 130 valence electrons. The molecule has 3 aromatic rings. The van der Waals surface area contributed by atoms with Crippen molar-refractivity contribution in [3.05, 3.63) is 51.7 Å². The molecule has 0 saturated heterocycles. The number of carbonyl (C=O) groups excluding carboxylic acids is 1. The SMILES string of the molecule is Cc1cc(C)c(NC(=O)CCn2cnc3c(cnn3C)c2=O)c(C)c1. The van der Waals surface area contributed by atoms with Crippen molar-refractivity contribution in [2.24, 2.45) is 7.05 Å². The van der Waals surface area contributed by atoms with Gasteiger partial charge in [-0.2, -0.15) is 5.10 Å².